The Labute approximate surface area is 123 Å². The van der Waals surface area contributed by atoms with Crippen molar-refractivity contribution < 1.29 is 8.42 Å². The van der Waals surface area contributed by atoms with Crippen LogP contribution in [0.15, 0.2) is 35.4 Å². The average Bonchev–Trinajstić information content (AvgIpc) is 2.34. The number of nitrogens with zero attached hydrogens (tertiary/aromatic N) is 1. The van der Waals surface area contributed by atoms with E-state index in [0.29, 0.717) is 5.69 Å². The SMILES string of the molecule is Cc1cc(C)c(NS(=O)(=O)c2ccnc(Cl)c2)c(C)c1. The molecule has 0 unspecified atom stereocenters. The maximum atomic E-state index is 12.3. The highest BCUT2D eigenvalue weighted by Gasteiger charge is 2.17. The van der Waals surface area contributed by atoms with E-state index in [-0.39, 0.29) is 10.0 Å². The summed E-state index contributed by atoms with van der Waals surface area (Å²) in [6, 6.07) is 6.60. The van der Waals surface area contributed by atoms with Gasteiger partial charge in [-0.05, 0) is 44.0 Å². The molecule has 1 aromatic carbocycles. The van der Waals surface area contributed by atoms with Gasteiger partial charge in [-0.1, -0.05) is 29.3 Å². The van der Waals surface area contributed by atoms with E-state index < -0.39 is 10.0 Å². The molecular weight excluding hydrogens is 296 g/mol. The third-order valence-corrected chi connectivity index (χ3v) is 4.48. The van der Waals surface area contributed by atoms with E-state index in [4.69, 9.17) is 11.6 Å². The third-order valence-electron chi connectivity index (χ3n) is 2.92. The fourth-order valence-electron chi connectivity index (χ4n) is 2.09. The molecule has 0 fully saturated rings. The maximum absolute atomic E-state index is 12.3. The predicted molar refractivity (Wildman–Crippen MR) is 80.7 cm³/mol. The molecule has 20 heavy (non-hydrogen) atoms. The Morgan fingerprint density at radius 3 is 2.25 bits per heavy atom. The lowest BCUT2D eigenvalue weighted by molar-refractivity contribution is 0.601. The summed E-state index contributed by atoms with van der Waals surface area (Å²) in [4.78, 5) is 3.87. The van der Waals surface area contributed by atoms with Crippen LogP contribution in [0, 0.1) is 20.8 Å². The summed E-state index contributed by atoms with van der Waals surface area (Å²) in [5, 5.41) is 0.144. The number of sulfonamides is 1. The molecule has 1 N–H and O–H groups in total. The molecule has 0 saturated heterocycles. The van der Waals surface area contributed by atoms with Gasteiger partial charge < -0.3 is 0 Å². The topological polar surface area (TPSA) is 59.1 Å². The van der Waals surface area contributed by atoms with Crippen LogP contribution in [0.4, 0.5) is 5.69 Å². The van der Waals surface area contributed by atoms with Gasteiger partial charge in [-0.25, -0.2) is 13.4 Å². The molecule has 1 aromatic heterocycles. The van der Waals surface area contributed by atoms with Crippen LogP contribution in [0.25, 0.3) is 0 Å². The van der Waals surface area contributed by atoms with Crippen molar-refractivity contribution in [3.63, 3.8) is 0 Å². The zero-order chi connectivity index (χ0) is 14.9. The molecule has 0 aliphatic carbocycles. The minimum Gasteiger partial charge on any atom is -0.279 e. The summed E-state index contributed by atoms with van der Waals surface area (Å²) >= 11 is 5.73. The Hall–Kier alpha value is -1.59. The molecule has 0 atom stereocenters. The first-order valence-corrected chi connectivity index (χ1v) is 7.88. The van der Waals surface area contributed by atoms with Crippen LogP contribution in [0.1, 0.15) is 16.7 Å². The van der Waals surface area contributed by atoms with E-state index in [2.05, 4.69) is 9.71 Å². The second kappa shape index (κ2) is 5.42. The Bertz CT molecular complexity index is 735. The summed E-state index contributed by atoms with van der Waals surface area (Å²) in [6.45, 7) is 5.72. The summed E-state index contributed by atoms with van der Waals surface area (Å²) in [5.41, 5.74) is 3.45. The third kappa shape index (κ3) is 3.11. The van der Waals surface area contributed by atoms with Gasteiger partial charge in [0.25, 0.3) is 10.0 Å². The average molecular weight is 311 g/mol. The zero-order valence-corrected chi connectivity index (χ0v) is 13.0. The Balaban J connectivity index is 2.44. The van der Waals surface area contributed by atoms with Crippen molar-refractivity contribution in [2.45, 2.75) is 25.7 Å². The molecule has 0 aliphatic rings. The van der Waals surface area contributed by atoms with E-state index in [0.717, 1.165) is 16.7 Å². The second-order valence-corrected chi connectivity index (χ2v) is 6.76. The molecule has 0 aliphatic heterocycles. The largest absolute Gasteiger partial charge is 0.279 e. The van der Waals surface area contributed by atoms with Gasteiger partial charge in [0.05, 0.1) is 10.6 Å². The van der Waals surface area contributed by atoms with Crippen molar-refractivity contribution in [1.82, 2.24) is 4.98 Å². The van der Waals surface area contributed by atoms with Gasteiger partial charge in [0.15, 0.2) is 0 Å². The molecule has 106 valence electrons. The molecule has 2 rings (SSSR count). The Morgan fingerprint density at radius 2 is 1.70 bits per heavy atom. The van der Waals surface area contributed by atoms with Crippen molar-refractivity contribution in [1.29, 1.82) is 0 Å². The fourth-order valence-corrected chi connectivity index (χ4v) is 3.54. The monoisotopic (exact) mass is 310 g/mol. The van der Waals surface area contributed by atoms with Crippen LogP contribution >= 0.6 is 11.6 Å². The summed E-state index contributed by atoms with van der Waals surface area (Å²) in [5.74, 6) is 0. The molecule has 6 heteroatoms. The first-order valence-electron chi connectivity index (χ1n) is 6.02. The molecular formula is C14H15ClN2O2S. The molecule has 4 nitrogen and oxygen atoms in total. The van der Waals surface area contributed by atoms with Gasteiger partial charge >= 0.3 is 0 Å². The summed E-state index contributed by atoms with van der Waals surface area (Å²) < 4.78 is 27.3. The number of aromatic nitrogens is 1. The van der Waals surface area contributed by atoms with Gasteiger partial charge in [-0.3, -0.25) is 4.72 Å². The highest BCUT2D eigenvalue weighted by molar-refractivity contribution is 7.92. The molecule has 0 saturated carbocycles. The number of pyridine rings is 1. The van der Waals surface area contributed by atoms with E-state index in [1.54, 1.807) is 0 Å². The quantitative estimate of drug-likeness (QED) is 0.883. The number of rotatable bonds is 3. The van der Waals surface area contributed by atoms with Crippen LogP contribution in [0.3, 0.4) is 0 Å². The second-order valence-electron chi connectivity index (χ2n) is 4.69. The van der Waals surface area contributed by atoms with Crippen LogP contribution < -0.4 is 4.72 Å². The first kappa shape index (κ1) is 14.8. The molecule has 1 heterocycles. The molecule has 0 bridgehead atoms. The minimum absolute atomic E-state index is 0.0943. The van der Waals surface area contributed by atoms with E-state index in [9.17, 15) is 8.42 Å². The number of hydrogen-bond acceptors (Lipinski definition) is 3. The van der Waals surface area contributed by atoms with E-state index >= 15 is 0 Å². The number of benzene rings is 1. The van der Waals surface area contributed by atoms with Crippen molar-refractivity contribution >= 4 is 27.3 Å². The molecule has 0 spiro atoms. The number of nitrogens with one attached hydrogen (secondary N) is 1. The molecule has 0 radical (unpaired) electrons. The predicted octanol–water partition coefficient (Wildman–Crippen LogP) is 3.46. The van der Waals surface area contributed by atoms with Crippen LogP contribution in [-0.4, -0.2) is 13.4 Å². The molecule has 0 amide bonds. The highest BCUT2D eigenvalue weighted by Crippen LogP contribution is 2.25. The zero-order valence-electron chi connectivity index (χ0n) is 11.4. The molecule has 2 aromatic rings. The minimum atomic E-state index is -3.67. The maximum Gasteiger partial charge on any atom is 0.262 e. The van der Waals surface area contributed by atoms with Crippen molar-refractivity contribution in [2.75, 3.05) is 4.72 Å². The Kier molecular flexibility index (Phi) is 4.01. The van der Waals surface area contributed by atoms with Crippen LogP contribution in [0.5, 0.6) is 0 Å². The van der Waals surface area contributed by atoms with E-state index in [1.807, 2.05) is 32.9 Å². The number of anilines is 1. The van der Waals surface area contributed by atoms with Crippen molar-refractivity contribution in [3.05, 3.63) is 52.3 Å². The Morgan fingerprint density at radius 1 is 1.10 bits per heavy atom. The van der Waals surface area contributed by atoms with Gasteiger partial charge in [-0.15, -0.1) is 0 Å². The normalized spacial score (nSPS) is 11.4. The van der Waals surface area contributed by atoms with Crippen LogP contribution in [-0.2, 0) is 10.0 Å². The van der Waals surface area contributed by atoms with Gasteiger partial charge in [-0.2, -0.15) is 0 Å². The number of halogens is 1. The summed E-state index contributed by atoms with van der Waals surface area (Å²) in [6.07, 6.45) is 1.37. The smallest absolute Gasteiger partial charge is 0.262 e. The van der Waals surface area contributed by atoms with Gasteiger partial charge in [0, 0.05) is 6.20 Å². The standard InChI is InChI=1S/C14H15ClN2O2S/c1-9-6-10(2)14(11(3)7-9)17-20(18,19)12-4-5-16-13(15)8-12/h4-8,17H,1-3H3. The van der Waals surface area contributed by atoms with Crippen molar-refractivity contribution in [3.8, 4) is 0 Å². The fraction of sp³-hybridized carbons (Fsp3) is 0.214. The lowest BCUT2D eigenvalue weighted by Crippen LogP contribution is -2.15. The van der Waals surface area contributed by atoms with E-state index in [1.165, 1.54) is 18.3 Å². The van der Waals surface area contributed by atoms with Gasteiger partial charge in [0.2, 0.25) is 0 Å². The van der Waals surface area contributed by atoms with Crippen molar-refractivity contribution in [2.24, 2.45) is 0 Å². The number of hydrogen-bond donors (Lipinski definition) is 1. The first-order chi connectivity index (χ1) is 9.29. The van der Waals surface area contributed by atoms with Crippen LogP contribution in [0.2, 0.25) is 5.15 Å². The highest BCUT2D eigenvalue weighted by atomic mass is 35.5. The lowest BCUT2D eigenvalue weighted by Gasteiger charge is -2.14. The van der Waals surface area contributed by atoms with Gasteiger partial charge in [0.1, 0.15) is 5.15 Å². The lowest BCUT2D eigenvalue weighted by atomic mass is 10.1. The summed E-state index contributed by atoms with van der Waals surface area (Å²) in [7, 11) is -3.67. The number of aryl methyl sites for hydroxylation is 3.